The van der Waals surface area contributed by atoms with Crippen LogP contribution in [0.1, 0.15) is 36.8 Å². The second-order valence-electron chi connectivity index (χ2n) is 10.4. The summed E-state index contributed by atoms with van der Waals surface area (Å²) in [6.07, 6.45) is 4.24. The van der Waals surface area contributed by atoms with E-state index in [9.17, 15) is 0 Å². The van der Waals surface area contributed by atoms with Gasteiger partial charge in [0.1, 0.15) is 12.4 Å². The smallest absolute Gasteiger partial charge is 0.225 e. The highest BCUT2D eigenvalue weighted by Crippen LogP contribution is 2.40. The van der Waals surface area contributed by atoms with Gasteiger partial charge in [0.25, 0.3) is 0 Å². The van der Waals surface area contributed by atoms with Crippen molar-refractivity contribution in [3.05, 3.63) is 77.9 Å². The molecule has 3 aromatic carbocycles. The maximum atomic E-state index is 6.30. The van der Waals surface area contributed by atoms with Crippen molar-refractivity contribution in [2.75, 3.05) is 38.5 Å². The molecule has 1 saturated carbocycles. The lowest BCUT2D eigenvalue weighted by atomic mass is 9.91. The minimum absolute atomic E-state index is 0.347. The molecule has 0 radical (unpaired) electrons. The largest absolute Gasteiger partial charge is 0.493 e. The van der Waals surface area contributed by atoms with Gasteiger partial charge >= 0.3 is 0 Å². The van der Waals surface area contributed by atoms with E-state index in [1.165, 1.54) is 0 Å². The van der Waals surface area contributed by atoms with Gasteiger partial charge in [-0.3, -0.25) is 0 Å². The second-order valence-corrected chi connectivity index (χ2v) is 10.4. The van der Waals surface area contributed by atoms with E-state index in [0.29, 0.717) is 42.7 Å². The van der Waals surface area contributed by atoms with Crippen molar-refractivity contribution in [2.45, 2.75) is 50.9 Å². The van der Waals surface area contributed by atoms with Crippen LogP contribution in [0.25, 0.3) is 10.9 Å². The van der Waals surface area contributed by atoms with Gasteiger partial charge in [0.05, 0.1) is 19.7 Å². The SMILES string of the molecule is COc1ccc(CNC2CCC(Nc3nc(N(C)C)c4ccccc4n3)CC2)c(OCc2ccccc2)c1OC. The van der Waals surface area contributed by atoms with E-state index in [1.807, 2.05) is 61.5 Å². The van der Waals surface area contributed by atoms with Crippen molar-refractivity contribution in [1.82, 2.24) is 15.3 Å². The van der Waals surface area contributed by atoms with Gasteiger partial charge in [0.15, 0.2) is 11.5 Å². The Bertz CT molecular complexity index is 1400. The summed E-state index contributed by atoms with van der Waals surface area (Å²) in [5.41, 5.74) is 3.11. The maximum absolute atomic E-state index is 6.30. The zero-order chi connectivity index (χ0) is 27.9. The molecule has 1 heterocycles. The molecule has 0 aliphatic heterocycles. The number of benzene rings is 3. The summed E-state index contributed by atoms with van der Waals surface area (Å²) in [6.45, 7) is 1.15. The Morgan fingerprint density at radius 3 is 2.25 bits per heavy atom. The Labute approximate surface area is 236 Å². The molecule has 8 nitrogen and oxygen atoms in total. The minimum Gasteiger partial charge on any atom is -0.493 e. The van der Waals surface area contributed by atoms with Crippen molar-refractivity contribution in [1.29, 1.82) is 0 Å². The molecule has 210 valence electrons. The number of hydrogen-bond acceptors (Lipinski definition) is 8. The molecule has 1 aliphatic rings. The van der Waals surface area contributed by atoms with E-state index in [-0.39, 0.29) is 0 Å². The zero-order valence-electron chi connectivity index (χ0n) is 23.8. The van der Waals surface area contributed by atoms with Gasteiger partial charge < -0.3 is 29.7 Å². The first kappa shape index (κ1) is 27.5. The summed E-state index contributed by atoms with van der Waals surface area (Å²) in [5, 5.41) is 8.42. The molecule has 0 saturated heterocycles. The molecular formula is C32H39N5O3. The lowest BCUT2D eigenvalue weighted by Crippen LogP contribution is -2.37. The molecule has 0 unspecified atom stereocenters. The molecule has 1 fully saturated rings. The molecule has 1 aliphatic carbocycles. The number of hydrogen-bond donors (Lipinski definition) is 2. The van der Waals surface area contributed by atoms with E-state index < -0.39 is 0 Å². The molecule has 8 heteroatoms. The summed E-state index contributed by atoms with van der Waals surface area (Å²) in [6, 6.07) is 23.1. The van der Waals surface area contributed by atoms with Crippen LogP contribution in [0.2, 0.25) is 0 Å². The number of ether oxygens (including phenoxy) is 3. The summed E-state index contributed by atoms with van der Waals surface area (Å²) in [5.74, 6) is 3.64. The topological polar surface area (TPSA) is 80.8 Å². The Kier molecular flexibility index (Phi) is 8.86. The predicted molar refractivity (Wildman–Crippen MR) is 161 cm³/mol. The number of nitrogens with one attached hydrogen (secondary N) is 2. The molecule has 2 N–H and O–H groups in total. The molecule has 0 bridgehead atoms. The van der Waals surface area contributed by atoms with Gasteiger partial charge in [-0.1, -0.05) is 48.5 Å². The predicted octanol–water partition coefficient (Wildman–Crippen LogP) is 5.80. The molecule has 0 spiro atoms. The highest BCUT2D eigenvalue weighted by atomic mass is 16.5. The third-order valence-corrected chi connectivity index (χ3v) is 7.46. The number of aromatic nitrogens is 2. The van der Waals surface area contributed by atoms with E-state index in [0.717, 1.165) is 59.3 Å². The minimum atomic E-state index is 0.347. The van der Waals surface area contributed by atoms with E-state index >= 15 is 0 Å². The molecule has 40 heavy (non-hydrogen) atoms. The normalized spacial score (nSPS) is 16.9. The Morgan fingerprint density at radius 2 is 1.52 bits per heavy atom. The molecule has 0 atom stereocenters. The Hall–Kier alpha value is -4.04. The third kappa shape index (κ3) is 6.39. The Balaban J connectivity index is 1.21. The van der Waals surface area contributed by atoms with Crippen LogP contribution in [-0.2, 0) is 13.2 Å². The quantitative estimate of drug-likeness (QED) is 0.246. The monoisotopic (exact) mass is 541 g/mol. The molecular weight excluding hydrogens is 502 g/mol. The van der Waals surface area contributed by atoms with Crippen LogP contribution in [0.15, 0.2) is 66.7 Å². The van der Waals surface area contributed by atoms with Crippen molar-refractivity contribution in [3.8, 4) is 17.2 Å². The van der Waals surface area contributed by atoms with E-state index in [2.05, 4.69) is 34.9 Å². The molecule has 4 aromatic rings. The van der Waals surface area contributed by atoms with Crippen LogP contribution < -0.4 is 29.7 Å². The van der Waals surface area contributed by atoms with Crippen molar-refractivity contribution in [2.24, 2.45) is 0 Å². The second kappa shape index (κ2) is 12.9. The van der Waals surface area contributed by atoms with E-state index in [4.69, 9.17) is 24.2 Å². The van der Waals surface area contributed by atoms with Crippen LogP contribution >= 0.6 is 0 Å². The van der Waals surface area contributed by atoms with Crippen molar-refractivity contribution >= 4 is 22.7 Å². The number of anilines is 2. The van der Waals surface area contributed by atoms with Crippen LogP contribution in [0.3, 0.4) is 0 Å². The lowest BCUT2D eigenvalue weighted by molar-refractivity contribution is 0.270. The summed E-state index contributed by atoms with van der Waals surface area (Å²) >= 11 is 0. The molecule has 0 amide bonds. The number of methoxy groups -OCH3 is 2. The van der Waals surface area contributed by atoms with Crippen LogP contribution in [-0.4, -0.2) is 50.4 Å². The van der Waals surface area contributed by atoms with Crippen LogP contribution in [0.5, 0.6) is 17.2 Å². The van der Waals surface area contributed by atoms with Gasteiger partial charge in [-0.2, -0.15) is 4.98 Å². The number of para-hydroxylation sites is 1. The summed E-state index contributed by atoms with van der Waals surface area (Å²) in [4.78, 5) is 11.7. The van der Waals surface area contributed by atoms with Gasteiger partial charge in [-0.25, -0.2) is 4.98 Å². The first-order valence-corrected chi connectivity index (χ1v) is 13.9. The average molecular weight is 542 g/mol. The average Bonchev–Trinajstić information content (AvgIpc) is 2.99. The standard InChI is InChI=1S/C32H39N5O3/c1-37(2)31-26-12-8-9-13-27(26)35-32(36-31)34-25-17-15-24(16-18-25)33-20-23-14-19-28(38-3)30(39-4)29(23)40-21-22-10-6-5-7-11-22/h5-14,19,24-25,33H,15-18,20-21H2,1-4H3,(H,34,35,36). The highest BCUT2D eigenvalue weighted by Gasteiger charge is 2.23. The van der Waals surface area contributed by atoms with Crippen molar-refractivity contribution < 1.29 is 14.2 Å². The zero-order valence-corrected chi connectivity index (χ0v) is 23.8. The first-order valence-electron chi connectivity index (χ1n) is 13.9. The number of rotatable bonds is 11. The van der Waals surface area contributed by atoms with Crippen LogP contribution in [0.4, 0.5) is 11.8 Å². The lowest BCUT2D eigenvalue weighted by Gasteiger charge is -2.30. The van der Waals surface area contributed by atoms with Crippen LogP contribution in [0, 0.1) is 0 Å². The Morgan fingerprint density at radius 1 is 0.800 bits per heavy atom. The first-order chi connectivity index (χ1) is 19.6. The number of nitrogens with zero attached hydrogens (tertiary/aromatic N) is 3. The van der Waals surface area contributed by atoms with Gasteiger partial charge in [-0.05, 0) is 49.4 Å². The summed E-state index contributed by atoms with van der Waals surface area (Å²) < 4.78 is 17.5. The summed E-state index contributed by atoms with van der Waals surface area (Å²) in [7, 11) is 7.34. The highest BCUT2D eigenvalue weighted by molar-refractivity contribution is 5.90. The van der Waals surface area contributed by atoms with Gasteiger partial charge in [0.2, 0.25) is 11.7 Å². The van der Waals surface area contributed by atoms with Gasteiger partial charge in [0, 0.05) is 43.7 Å². The van der Waals surface area contributed by atoms with Gasteiger partial charge in [-0.15, -0.1) is 0 Å². The van der Waals surface area contributed by atoms with Crippen molar-refractivity contribution in [3.63, 3.8) is 0 Å². The molecule has 5 rings (SSSR count). The fourth-order valence-corrected chi connectivity index (χ4v) is 5.31. The fraction of sp³-hybridized carbons (Fsp3) is 0.375. The fourth-order valence-electron chi connectivity index (χ4n) is 5.31. The van der Waals surface area contributed by atoms with E-state index in [1.54, 1.807) is 14.2 Å². The maximum Gasteiger partial charge on any atom is 0.225 e. The third-order valence-electron chi connectivity index (χ3n) is 7.46. The number of fused-ring (bicyclic) bond motifs is 1. The molecule has 1 aromatic heterocycles.